The van der Waals surface area contributed by atoms with E-state index in [2.05, 4.69) is 36.8 Å². The Labute approximate surface area is 204 Å². The van der Waals surface area contributed by atoms with Gasteiger partial charge in [-0.3, -0.25) is 4.72 Å². The number of carboxylic acids is 1. The van der Waals surface area contributed by atoms with E-state index in [1.165, 1.54) is 42.5 Å². The maximum Gasteiger partial charge on any atom is 0.337 e. The predicted molar refractivity (Wildman–Crippen MR) is 136 cm³/mol. The molecule has 0 spiro atoms. The molecule has 0 radical (unpaired) electrons. The lowest BCUT2D eigenvalue weighted by molar-refractivity contribution is 0.0697. The average molecular weight is 498 g/mol. The fourth-order valence-corrected chi connectivity index (χ4v) is 6.38. The average Bonchev–Trinajstić information content (AvgIpc) is 3.30. The topological polar surface area (TPSA) is 92.7 Å². The summed E-state index contributed by atoms with van der Waals surface area (Å²) in [5, 5.41) is 9.46. The van der Waals surface area contributed by atoms with Gasteiger partial charge in [0.1, 0.15) is 15.6 Å². The summed E-state index contributed by atoms with van der Waals surface area (Å²) in [5.74, 6) is -1.11. The SMILES string of the molecule is COc1cccc(C(=O)O)c1NS(=O)(=O)c1ccc(-c2ccc(C3=CCC(C)(C)CC3)cc2)s1. The van der Waals surface area contributed by atoms with Crippen molar-refractivity contribution in [1.82, 2.24) is 0 Å². The first-order valence-electron chi connectivity index (χ1n) is 10.9. The highest BCUT2D eigenvalue weighted by Crippen LogP contribution is 2.39. The number of carboxylic acid groups (broad SMARTS) is 1. The summed E-state index contributed by atoms with van der Waals surface area (Å²) in [6.07, 6.45) is 5.61. The highest BCUT2D eigenvalue weighted by Gasteiger charge is 2.24. The zero-order chi connectivity index (χ0) is 24.5. The summed E-state index contributed by atoms with van der Waals surface area (Å²) in [5.41, 5.74) is 3.55. The molecule has 0 saturated carbocycles. The van der Waals surface area contributed by atoms with Crippen LogP contribution in [0.2, 0.25) is 0 Å². The number of para-hydroxylation sites is 1. The van der Waals surface area contributed by atoms with Crippen LogP contribution in [0.3, 0.4) is 0 Å². The van der Waals surface area contributed by atoms with Crippen molar-refractivity contribution in [3.05, 3.63) is 71.8 Å². The van der Waals surface area contributed by atoms with Crippen molar-refractivity contribution >= 4 is 38.6 Å². The molecule has 2 aromatic carbocycles. The van der Waals surface area contributed by atoms with Crippen LogP contribution in [0.1, 0.15) is 49.0 Å². The number of carbonyl (C=O) groups is 1. The van der Waals surface area contributed by atoms with E-state index in [0.29, 0.717) is 5.41 Å². The number of benzene rings is 2. The standard InChI is InChI=1S/C26H27NO5S2/c1-26(2)15-13-18(14-16-26)17-7-9-19(10-8-17)22-11-12-23(33-22)34(30,31)27-24-20(25(28)29)5-4-6-21(24)32-3/h4-13,27H,14-16H2,1-3H3,(H,28,29). The fourth-order valence-electron chi connectivity index (χ4n) is 3.98. The van der Waals surface area contributed by atoms with Crippen molar-refractivity contribution in [1.29, 1.82) is 0 Å². The summed E-state index contributed by atoms with van der Waals surface area (Å²) >= 11 is 1.13. The van der Waals surface area contributed by atoms with Gasteiger partial charge in [0, 0.05) is 4.88 Å². The third-order valence-corrected chi connectivity index (χ3v) is 9.05. The Hall–Kier alpha value is -3.10. The fraction of sp³-hybridized carbons (Fsp3) is 0.269. The lowest BCUT2D eigenvalue weighted by Crippen LogP contribution is -2.15. The van der Waals surface area contributed by atoms with Crippen LogP contribution < -0.4 is 9.46 Å². The molecule has 6 nitrogen and oxygen atoms in total. The minimum absolute atomic E-state index is 0.0889. The number of nitrogens with one attached hydrogen (secondary N) is 1. The predicted octanol–water partition coefficient (Wildman–Crippen LogP) is 6.52. The molecular formula is C26H27NO5S2. The maximum atomic E-state index is 13.0. The van der Waals surface area contributed by atoms with Gasteiger partial charge in [-0.25, -0.2) is 13.2 Å². The number of thiophene rings is 1. The first-order chi connectivity index (χ1) is 16.1. The first-order valence-corrected chi connectivity index (χ1v) is 13.2. The third-order valence-electron chi connectivity index (χ3n) is 6.07. The Morgan fingerprint density at radius 3 is 2.38 bits per heavy atom. The van der Waals surface area contributed by atoms with E-state index < -0.39 is 16.0 Å². The molecule has 0 amide bonds. The number of methoxy groups -OCH3 is 1. The molecule has 4 rings (SSSR count). The van der Waals surface area contributed by atoms with E-state index in [4.69, 9.17) is 4.74 Å². The van der Waals surface area contributed by atoms with Crippen molar-refractivity contribution in [3.63, 3.8) is 0 Å². The molecule has 2 N–H and O–H groups in total. The van der Waals surface area contributed by atoms with Crippen molar-refractivity contribution < 1.29 is 23.1 Å². The van der Waals surface area contributed by atoms with Crippen molar-refractivity contribution in [2.75, 3.05) is 11.8 Å². The molecular weight excluding hydrogens is 470 g/mol. The van der Waals surface area contributed by atoms with Gasteiger partial charge >= 0.3 is 5.97 Å². The van der Waals surface area contributed by atoms with Crippen LogP contribution in [0.5, 0.6) is 5.75 Å². The summed E-state index contributed by atoms with van der Waals surface area (Å²) < 4.78 is 33.8. The number of anilines is 1. The van der Waals surface area contributed by atoms with E-state index in [9.17, 15) is 18.3 Å². The second kappa shape index (κ2) is 9.27. The van der Waals surface area contributed by atoms with Gasteiger partial charge in [-0.15, -0.1) is 11.3 Å². The number of hydrogen-bond acceptors (Lipinski definition) is 5. The summed E-state index contributed by atoms with van der Waals surface area (Å²) in [4.78, 5) is 12.4. The molecule has 178 valence electrons. The van der Waals surface area contributed by atoms with Crippen LogP contribution in [-0.4, -0.2) is 26.6 Å². The number of allylic oxidation sites excluding steroid dienone is 2. The van der Waals surface area contributed by atoms with Crippen LogP contribution in [0.4, 0.5) is 5.69 Å². The largest absolute Gasteiger partial charge is 0.495 e. The van der Waals surface area contributed by atoms with E-state index in [1.807, 2.05) is 12.1 Å². The molecule has 0 bridgehead atoms. The number of sulfonamides is 1. The third kappa shape index (κ3) is 5.03. The van der Waals surface area contributed by atoms with Gasteiger partial charge in [0.05, 0.1) is 12.7 Å². The minimum atomic E-state index is -4.01. The van der Waals surface area contributed by atoms with Crippen molar-refractivity contribution in [2.45, 2.75) is 37.3 Å². The Kier molecular flexibility index (Phi) is 6.55. The van der Waals surface area contributed by atoms with Gasteiger partial charge in [-0.1, -0.05) is 50.3 Å². The van der Waals surface area contributed by atoms with E-state index in [-0.39, 0.29) is 21.2 Å². The number of ether oxygens (including phenoxy) is 1. The number of aromatic carboxylic acids is 1. The van der Waals surface area contributed by atoms with Crippen LogP contribution in [0.25, 0.3) is 16.0 Å². The van der Waals surface area contributed by atoms with Crippen LogP contribution in [0.15, 0.2) is 64.9 Å². The van der Waals surface area contributed by atoms with Crippen LogP contribution >= 0.6 is 11.3 Å². The summed E-state index contributed by atoms with van der Waals surface area (Å²) in [7, 11) is -2.65. The van der Waals surface area contributed by atoms with Gasteiger partial charge in [0.25, 0.3) is 10.0 Å². The normalized spacial score (nSPS) is 15.4. The molecule has 3 aromatic rings. The Balaban J connectivity index is 1.57. The number of rotatable bonds is 7. The molecule has 1 heterocycles. The van der Waals surface area contributed by atoms with E-state index in [0.717, 1.165) is 41.0 Å². The molecule has 1 aliphatic carbocycles. The Morgan fingerprint density at radius 2 is 1.76 bits per heavy atom. The molecule has 34 heavy (non-hydrogen) atoms. The zero-order valence-electron chi connectivity index (χ0n) is 19.3. The van der Waals surface area contributed by atoms with Crippen LogP contribution in [-0.2, 0) is 10.0 Å². The Bertz CT molecular complexity index is 1350. The minimum Gasteiger partial charge on any atom is -0.495 e. The summed E-state index contributed by atoms with van der Waals surface area (Å²) in [6, 6.07) is 15.8. The lowest BCUT2D eigenvalue weighted by Gasteiger charge is -2.28. The van der Waals surface area contributed by atoms with E-state index >= 15 is 0 Å². The van der Waals surface area contributed by atoms with Gasteiger partial charge in [0.2, 0.25) is 0 Å². The highest BCUT2D eigenvalue weighted by atomic mass is 32.2. The molecule has 0 atom stereocenters. The molecule has 0 unspecified atom stereocenters. The van der Waals surface area contributed by atoms with Crippen LogP contribution in [0, 0.1) is 5.41 Å². The number of hydrogen-bond donors (Lipinski definition) is 2. The smallest absolute Gasteiger partial charge is 0.337 e. The van der Waals surface area contributed by atoms with Crippen molar-refractivity contribution in [2.24, 2.45) is 5.41 Å². The molecule has 1 aliphatic rings. The Morgan fingerprint density at radius 1 is 1.06 bits per heavy atom. The lowest BCUT2D eigenvalue weighted by atomic mass is 9.77. The maximum absolute atomic E-state index is 13.0. The van der Waals surface area contributed by atoms with Gasteiger partial charge in [-0.2, -0.15) is 0 Å². The van der Waals surface area contributed by atoms with E-state index in [1.54, 1.807) is 6.07 Å². The zero-order valence-corrected chi connectivity index (χ0v) is 20.9. The molecule has 0 saturated heterocycles. The molecule has 0 fully saturated rings. The van der Waals surface area contributed by atoms with Gasteiger partial charge in [-0.05, 0) is 65.6 Å². The van der Waals surface area contributed by atoms with Gasteiger partial charge < -0.3 is 9.84 Å². The molecule has 8 heteroatoms. The van der Waals surface area contributed by atoms with Gasteiger partial charge in [0.15, 0.2) is 0 Å². The quantitative estimate of drug-likeness (QED) is 0.388. The highest BCUT2D eigenvalue weighted by molar-refractivity contribution is 7.94. The monoisotopic (exact) mass is 497 g/mol. The molecule has 0 aliphatic heterocycles. The molecule has 1 aromatic heterocycles. The summed E-state index contributed by atoms with van der Waals surface area (Å²) in [6.45, 7) is 4.58. The first kappa shape index (κ1) is 24.0. The van der Waals surface area contributed by atoms with Crippen molar-refractivity contribution in [3.8, 4) is 16.2 Å². The second-order valence-corrected chi connectivity index (χ2v) is 12.1. The second-order valence-electron chi connectivity index (χ2n) is 9.09.